The first-order valence-electron chi connectivity index (χ1n) is 6.90. The summed E-state index contributed by atoms with van der Waals surface area (Å²) in [4.78, 5) is 12.0. The molecule has 0 aromatic heterocycles. The Kier molecular flexibility index (Phi) is 4.76. The van der Waals surface area contributed by atoms with Gasteiger partial charge in [-0.1, -0.05) is 25.5 Å². The second-order valence-corrected chi connectivity index (χ2v) is 4.98. The van der Waals surface area contributed by atoms with Gasteiger partial charge in [-0.3, -0.25) is 4.79 Å². The van der Waals surface area contributed by atoms with Crippen LogP contribution in [0.1, 0.15) is 31.7 Å². The van der Waals surface area contributed by atoms with Gasteiger partial charge >= 0.3 is 0 Å². The van der Waals surface area contributed by atoms with Crippen LogP contribution < -0.4 is 10.6 Å². The van der Waals surface area contributed by atoms with Crippen molar-refractivity contribution >= 4 is 11.6 Å². The molecule has 3 heteroatoms. The number of benzene rings is 1. The molecule has 0 saturated carbocycles. The number of carbonyl (C=O) groups is 1. The zero-order chi connectivity index (χ0) is 12.8. The Bertz CT molecular complexity index is 380. The summed E-state index contributed by atoms with van der Waals surface area (Å²) in [5.74, 6) is 0.263. The van der Waals surface area contributed by atoms with Gasteiger partial charge < -0.3 is 10.6 Å². The lowest BCUT2D eigenvalue weighted by atomic mass is 9.99. The SMILES string of the molecule is CCCc1ccc(NC(=O)[C@H]2CCCNC2)cc1. The van der Waals surface area contributed by atoms with Crippen molar-refractivity contribution in [3.05, 3.63) is 29.8 Å². The van der Waals surface area contributed by atoms with Crippen molar-refractivity contribution < 1.29 is 4.79 Å². The van der Waals surface area contributed by atoms with E-state index >= 15 is 0 Å². The van der Waals surface area contributed by atoms with E-state index in [4.69, 9.17) is 0 Å². The summed E-state index contributed by atoms with van der Waals surface area (Å²) in [6.07, 6.45) is 4.33. The molecule has 1 aliphatic heterocycles. The largest absolute Gasteiger partial charge is 0.326 e. The molecule has 1 aromatic carbocycles. The third-order valence-corrected chi connectivity index (χ3v) is 3.43. The predicted molar refractivity (Wildman–Crippen MR) is 74.7 cm³/mol. The normalized spacial score (nSPS) is 19.5. The summed E-state index contributed by atoms with van der Waals surface area (Å²) in [7, 11) is 0. The third kappa shape index (κ3) is 3.57. The van der Waals surface area contributed by atoms with Gasteiger partial charge in [-0.05, 0) is 43.5 Å². The van der Waals surface area contributed by atoms with E-state index in [0.717, 1.165) is 44.5 Å². The van der Waals surface area contributed by atoms with Gasteiger partial charge in [0, 0.05) is 12.2 Å². The van der Waals surface area contributed by atoms with Crippen LogP contribution in [0.2, 0.25) is 0 Å². The molecule has 0 spiro atoms. The number of nitrogens with one attached hydrogen (secondary N) is 2. The molecule has 1 saturated heterocycles. The van der Waals surface area contributed by atoms with Gasteiger partial charge in [-0.2, -0.15) is 0 Å². The topological polar surface area (TPSA) is 41.1 Å². The lowest BCUT2D eigenvalue weighted by molar-refractivity contribution is -0.120. The number of hydrogen-bond donors (Lipinski definition) is 2. The maximum atomic E-state index is 12.0. The minimum Gasteiger partial charge on any atom is -0.326 e. The first-order valence-corrected chi connectivity index (χ1v) is 6.90. The van der Waals surface area contributed by atoms with Crippen LogP contribution in [0.3, 0.4) is 0 Å². The Balaban J connectivity index is 1.89. The quantitative estimate of drug-likeness (QED) is 0.857. The second-order valence-electron chi connectivity index (χ2n) is 4.98. The van der Waals surface area contributed by atoms with Crippen LogP contribution in [-0.4, -0.2) is 19.0 Å². The van der Waals surface area contributed by atoms with Gasteiger partial charge in [0.05, 0.1) is 5.92 Å². The van der Waals surface area contributed by atoms with E-state index in [1.807, 2.05) is 12.1 Å². The molecule has 1 aromatic rings. The van der Waals surface area contributed by atoms with E-state index in [2.05, 4.69) is 29.7 Å². The molecule has 98 valence electrons. The number of hydrogen-bond acceptors (Lipinski definition) is 2. The summed E-state index contributed by atoms with van der Waals surface area (Å²) in [6, 6.07) is 8.19. The number of carbonyl (C=O) groups excluding carboxylic acids is 1. The Morgan fingerprint density at radius 1 is 1.39 bits per heavy atom. The number of rotatable bonds is 4. The highest BCUT2D eigenvalue weighted by Gasteiger charge is 2.20. The average Bonchev–Trinajstić information content (AvgIpc) is 2.42. The lowest BCUT2D eigenvalue weighted by Gasteiger charge is -2.21. The van der Waals surface area contributed by atoms with Crippen molar-refractivity contribution in [1.29, 1.82) is 0 Å². The Hall–Kier alpha value is -1.35. The Labute approximate surface area is 109 Å². The van der Waals surface area contributed by atoms with Crippen LogP contribution >= 0.6 is 0 Å². The van der Waals surface area contributed by atoms with Crippen LogP contribution in [-0.2, 0) is 11.2 Å². The maximum Gasteiger partial charge on any atom is 0.228 e. The van der Waals surface area contributed by atoms with Gasteiger partial charge in [0.25, 0.3) is 0 Å². The van der Waals surface area contributed by atoms with Crippen LogP contribution in [0, 0.1) is 5.92 Å². The van der Waals surface area contributed by atoms with Crippen molar-refractivity contribution in [3.63, 3.8) is 0 Å². The van der Waals surface area contributed by atoms with Gasteiger partial charge in [0.15, 0.2) is 0 Å². The van der Waals surface area contributed by atoms with Crippen molar-refractivity contribution in [3.8, 4) is 0 Å². The van der Waals surface area contributed by atoms with Crippen LogP contribution in [0.15, 0.2) is 24.3 Å². The standard InChI is InChI=1S/C15H22N2O/c1-2-4-12-6-8-14(9-7-12)17-15(18)13-5-3-10-16-11-13/h6-9,13,16H,2-5,10-11H2,1H3,(H,17,18)/t13-/m0/s1. The van der Waals surface area contributed by atoms with Crippen LogP contribution in [0.5, 0.6) is 0 Å². The summed E-state index contributed by atoms with van der Waals surface area (Å²) in [5.41, 5.74) is 2.24. The first-order chi connectivity index (χ1) is 8.79. The Morgan fingerprint density at radius 3 is 2.78 bits per heavy atom. The molecule has 0 aliphatic carbocycles. The van der Waals surface area contributed by atoms with E-state index in [0.29, 0.717) is 0 Å². The van der Waals surface area contributed by atoms with Gasteiger partial charge in [0.2, 0.25) is 5.91 Å². The highest BCUT2D eigenvalue weighted by Crippen LogP contribution is 2.15. The van der Waals surface area contributed by atoms with E-state index < -0.39 is 0 Å². The second kappa shape index (κ2) is 6.55. The molecule has 2 rings (SSSR count). The molecule has 0 bridgehead atoms. The monoisotopic (exact) mass is 246 g/mol. The zero-order valence-electron chi connectivity index (χ0n) is 11.0. The number of amides is 1. The van der Waals surface area contributed by atoms with Crippen molar-refractivity contribution in [1.82, 2.24) is 5.32 Å². The van der Waals surface area contributed by atoms with Gasteiger partial charge in [-0.25, -0.2) is 0 Å². The van der Waals surface area contributed by atoms with E-state index in [9.17, 15) is 4.79 Å². The molecule has 0 radical (unpaired) electrons. The molecule has 1 amide bonds. The van der Waals surface area contributed by atoms with Gasteiger partial charge in [0.1, 0.15) is 0 Å². The maximum absolute atomic E-state index is 12.0. The third-order valence-electron chi connectivity index (χ3n) is 3.43. The molecular formula is C15H22N2O. The fourth-order valence-electron chi connectivity index (χ4n) is 2.36. The molecule has 1 heterocycles. The minimum absolute atomic E-state index is 0.120. The van der Waals surface area contributed by atoms with Crippen molar-refractivity contribution in [2.75, 3.05) is 18.4 Å². The highest BCUT2D eigenvalue weighted by atomic mass is 16.1. The minimum atomic E-state index is 0.120. The zero-order valence-corrected chi connectivity index (χ0v) is 11.0. The number of aryl methyl sites for hydroxylation is 1. The molecule has 18 heavy (non-hydrogen) atoms. The molecule has 0 unspecified atom stereocenters. The van der Waals surface area contributed by atoms with E-state index in [1.165, 1.54) is 5.56 Å². The molecule has 1 fully saturated rings. The molecule has 3 nitrogen and oxygen atoms in total. The summed E-state index contributed by atoms with van der Waals surface area (Å²) < 4.78 is 0. The Morgan fingerprint density at radius 2 is 2.17 bits per heavy atom. The molecule has 1 atom stereocenters. The fourth-order valence-corrected chi connectivity index (χ4v) is 2.36. The molecular weight excluding hydrogens is 224 g/mol. The number of piperidine rings is 1. The predicted octanol–water partition coefficient (Wildman–Crippen LogP) is 2.58. The smallest absolute Gasteiger partial charge is 0.228 e. The van der Waals surface area contributed by atoms with Crippen LogP contribution in [0.25, 0.3) is 0 Å². The van der Waals surface area contributed by atoms with Crippen molar-refractivity contribution in [2.24, 2.45) is 5.92 Å². The van der Waals surface area contributed by atoms with Crippen molar-refractivity contribution in [2.45, 2.75) is 32.6 Å². The van der Waals surface area contributed by atoms with E-state index in [-0.39, 0.29) is 11.8 Å². The van der Waals surface area contributed by atoms with E-state index in [1.54, 1.807) is 0 Å². The number of anilines is 1. The van der Waals surface area contributed by atoms with Gasteiger partial charge in [-0.15, -0.1) is 0 Å². The fraction of sp³-hybridized carbons (Fsp3) is 0.533. The molecule has 1 aliphatic rings. The van der Waals surface area contributed by atoms with Crippen LogP contribution in [0.4, 0.5) is 5.69 Å². The highest BCUT2D eigenvalue weighted by molar-refractivity contribution is 5.92. The average molecular weight is 246 g/mol. The lowest BCUT2D eigenvalue weighted by Crippen LogP contribution is -2.37. The first kappa shape index (κ1) is 13.1. The summed E-state index contributed by atoms with van der Waals surface area (Å²) >= 11 is 0. The molecule has 2 N–H and O–H groups in total. The summed E-state index contributed by atoms with van der Waals surface area (Å²) in [5, 5.41) is 6.27. The summed E-state index contributed by atoms with van der Waals surface area (Å²) in [6.45, 7) is 4.01.